The fourth-order valence-corrected chi connectivity index (χ4v) is 5.98. The van der Waals surface area contributed by atoms with Crippen molar-refractivity contribution in [3.8, 4) is 5.75 Å². The summed E-state index contributed by atoms with van der Waals surface area (Å²) in [5.41, 5.74) is 2.36. The molecule has 0 spiro atoms. The molecule has 0 aromatic heterocycles. The lowest BCUT2D eigenvalue weighted by Crippen LogP contribution is -2.09. The van der Waals surface area contributed by atoms with Crippen LogP contribution in [-0.4, -0.2) is 16.1 Å². The first-order valence-corrected chi connectivity index (χ1v) is 10.5. The van der Waals surface area contributed by atoms with E-state index in [4.69, 9.17) is 16.3 Å². The van der Waals surface area contributed by atoms with E-state index in [0.29, 0.717) is 11.2 Å². The summed E-state index contributed by atoms with van der Waals surface area (Å²) < 4.78 is 6.46. The van der Waals surface area contributed by atoms with Crippen molar-refractivity contribution in [1.82, 2.24) is 0 Å². The number of hydrogen-bond donors (Lipinski definition) is 0. The molecule has 1 atom stereocenters. The summed E-state index contributed by atoms with van der Waals surface area (Å²) in [5, 5.41) is 0.0845. The summed E-state index contributed by atoms with van der Waals surface area (Å²) >= 11 is 10.7. The topological polar surface area (TPSA) is 9.23 Å². The molecule has 1 heterocycles. The van der Waals surface area contributed by atoms with Gasteiger partial charge in [0.15, 0.2) is 0 Å². The maximum atomic E-state index is 6.60. The van der Waals surface area contributed by atoms with Crippen LogP contribution < -0.4 is 4.74 Å². The van der Waals surface area contributed by atoms with Gasteiger partial charge in [-0.2, -0.15) is 0 Å². The molecular formula is C19H21ClOS2. The average molecular weight is 365 g/mol. The van der Waals surface area contributed by atoms with Crippen LogP contribution in [0, 0.1) is 0 Å². The molecule has 0 saturated carbocycles. The molecule has 1 unspecified atom stereocenters. The summed E-state index contributed by atoms with van der Waals surface area (Å²) in [7, 11) is 0. The lowest BCUT2D eigenvalue weighted by atomic mass is 10.1. The van der Waals surface area contributed by atoms with Crippen LogP contribution in [0.4, 0.5) is 0 Å². The van der Waals surface area contributed by atoms with Crippen LogP contribution in [0.15, 0.2) is 54.6 Å². The van der Waals surface area contributed by atoms with Crippen molar-refractivity contribution in [2.45, 2.75) is 29.4 Å². The average Bonchev–Trinajstić information content (AvgIpc) is 2.62. The van der Waals surface area contributed by atoms with Gasteiger partial charge in [-0.15, -0.1) is 35.1 Å². The highest BCUT2D eigenvalue weighted by atomic mass is 35.5. The first kappa shape index (κ1) is 17.1. The van der Waals surface area contributed by atoms with Crippen LogP contribution in [0.2, 0.25) is 0 Å². The van der Waals surface area contributed by atoms with Gasteiger partial charge in [0.1, 0.15) is 12.4 Å². The maximum Gasteiger partial charge on any atom is 0.119 e. The molecule has 1 nitrogen and oxygen atoms in total. The van der Waals surface area contributed by atoms with Gasteiger partial charge in [-0.25, -0.2) is 0 Å². The number of halogens is 1. The summed E-state index contributed by atoms with van der Waals surface area (Å²) in [6, 6.07) is 18.4. The molecule has 1 aliphatic heterocycles. The molecule has 0 radical (unpaired) electrons. The van der Waals surface area contributed by atoms with Crippen molar-refractivity contribution in [2.75, 3.05) is 11.5 Å². The van der Waals surface area contributed by atoms with Gasteiger partial charge in [0.25, 0.3) is 0 Å². The molecule has 23 heavy (non-hydrogen) atoms. The highest BCUT2D eigenvalue weighted by Crippen LogP contribution is 2.39. The number of alkyl halides is 1. The summed E-state index contributed by atoms with van der Waals surface area (Å²) in [6.07, 6.45) is 2.35. The van der Waals surface area contributed by atoms with Crippen molar-refractivity contribution >= 4 is 35.1 Å². The molecule has 0 amide bonds. The summed E-state index contributed by atoms with van der Waals surface area (Å²) in [5.74, 6) is 3.43. The monoisotopic (exact) mass is 364 g/mol. The summed E-state index contributed by atoms with van der Waals surface area (Å²) in [6.45, 7) is 0.597. The second kappa shape index (κ2) is 8.91. The molecule has 0 N–H and O–H groups in total. The van der Waals surface area contributed by atoms with E-state index in [0.717, 1.165) is 12.2 Å². The van der Waals surface area contributed by atoms with E-state index >= 15 is 0 Å². The Morgan fingerprint density at radius 1 is 1.00 bits per heavy atom. The van der Waals surface area contributed by atoms with E-state index in [9.17, 15) is 0 Å². The van der Waals surface area contributed by atoms with Gasteiger partial charge in [0.05, 0.1) is 9.96 Å². The van der Waals surface area contributed by atoms with E-state index in [1.54, 1.807) is 0 Å². The van der Waals surface area contributed by atoms with Crippen molar-refractivity contribution < 1.29 is 4.74 Å². The van der Waals surface area contributed by atoms with Crippen molar-refractivity contribution in [3.05, 3.63) is 65.7 Å². The highest BCUT2D eigenvalue weighted by molar-refractivity contribution is 8.17. The Balaban J connectivity index is 1.51. The van der Waals surface area contributed by atoms with Gasteiger partial charge in [-0.3, -0.25) is 0 Å². The van der Waals surface area contributed by atoms with Crippen LogP contribution >= 0.6 is 35.1 Å². The zero-order valence-corrected chi connectivity index (χ0v) is 15.4. The maximum absolute atomic E-state index is 6.60. The van der Waals surface area contributed by atoms with Gasteiger partial charge in [-0.05, 0) is 47.6 Å². The molecule has 0 aliphatic carbocycles. The molecule has 2 aromatic rings. The fraction of sp³-hybridized carbons (Fsp3) is 0.368. The first-order chi connectivity index (χ1) is 11.3. The molecule has 3 rings (SSSR count). The Kier molecular flexibility index (Phi) is 6.61. The third-order valence-electron chi connectivity index (χ3n) is 3.79. The molecule has 0 bridgehead atoms. The Morgan fingerprint density at radius 3 is 2.39 bits per heavy atom. The minimum atomic E-state index is 0.0845. The van der Waals surface area contributed by atoms with Gasteiger partial charge in [-0.1, -0.05) is 42.5 Å². The van der Waals surface area contributed by atoms with E-state index < -0.39 is 0 Å². The van der Waals surface area contributed by atoms with Gasteiger partial charge in [0, 0.05) is 0 Å². The zero-order valence-electron chi connectivity index (χ0n) is 13.0. The number of thioether (sulfide) groups is 2. The Morgan fingerprint density at radius 2 is 1.70 bits per heavy atom. The first-order valence-electron chi connectivity index (χ1n) is 7.95. The Labute approximate surface area is 152 Å². The number of benzene rings is 2. The minimum absolute atomic E-state index is 0.0845. The number of rotatable bonds is 6. The van der Waals surface area contributed by atoms with Crippen molar-refractivity contribution in [3.63, 3.8) is 0 Å². The van der Waals surface area contributed by atoms with Crippen LogP contribution in [0.5, 0.6) is 5.75 Å². The molecular weight excluding hydrogens is 344 g/mol. The molecule has 4 heteroatoms. The minimum Gasteiger partial charge on any atom is -0.489 e. The van der Waals surface area contributed by atoms with Crippen LogP contribution in [-0.2, 0) is 6.61 Å². The van der Waals surface area contributed by atoms with Crippen molar-refractivity contribution in [2.24, 2.45) is 0 Å². The molecule has 2 aromatic carbocycles. The van der Waals surface area contributed by atoms with E-state index in [2.05, 4.69) is 24.3 Å². The second-order valence-corrected chi connectivity index (χ2v) is 9.02. The lowest BCUT2D eigenvalue weighted by molar-refractivity contribution is 0.306. The third-order valence-corrected chi connectivity index (χ3v) is 7.21. The zero-order chi connectivity index (χ0) is 15.9. The van der Waals surface area contributed by atoms with Crippen molar-refractivity contribution in [1.29, 1.82) is 0 Å². The largest absolute Gasteiger partial charge is 0.489 e. The van der Waals surface area contributed by atoms with E-state index in [1.807, 2.05) is 53.9 Å². The summed E-state index contributed by atoms with van der Waals surface area (Å²) in [4.78, 5) is 0. The predicted molar refractivity (Wildman–Crippen MR) is 104 cm³/mol. The Hall–Kier alpha value is -0.770. The smallest absolute Gasteiger partial charge is 0.119 e. The highest BCUT2D eigenvalue weighted by Gasteiger charge is 2.19. The SMILES string of the molecule is ClC(CC1SCCCS1)c1ccc(OCc2ccccc2)cc1. The second-order valence-electron chi connectivity index (χ2n) is 5.57. The number of ether oxygens (including phenoxy) is 1. The van der Waals surface area contributed by atoms with Crippen LogP contribution in [0.25, 0.3) is 0 Å². The van der Waals surface area contributed by atoms with Gasteiger partial charge < -0.3 is 4.74 Å². The van der Waals surface area contributed by atoms with Crippen LogP contribution in [0.1, 0.15) is 29.3 Å². The normalized spacial score (nSPS) is 16.9. The van der Waals surface area contributed by atoms with Gasteiger partial charge in [0.2, 0.25) is 0 Å². The predicted octanol–water partition coefficient (Wildman–Crippen LogP) is 6.13. The fourth-order valence-electron chi connectivity index (χ4n) is 2.49. The van der Waals surface area contributed by atoms with E-state index in [-0.39, 0.29) is 5.38 Å². The molecule has 122 valence electrons. The molecule has 1 saturated heterocycles. The lowest BCUT2D eigenvalue weighted by Gasteiger charge is -2.23. The third kappa shape index (κ3) is 5.37. The Bertz CT molecular complexity index is 582. The quantitative estimate of drug-likeness (QED) is 0.570. The standard InChI is InChI=1S/C19H21ClOS2/c20-18(13-19-22-11-4-12-23-19)16-7-9-17(10-8-16)21-14-15-5-2-1-3-6-15/h1-3,5-10,18-19H,4,11-14H2. The van der Waals surface area contributed by atoms with Gasteiger partial charge >= 0.3 is 0 Å². The van der Waals surface area contributed by atoms with E-state index in [1.165, 1.54) is 29.1 Å². The molecule has 1 fully saturated rings. The van der Waals surface area contributed by atoms with Crippen LogP contribution in [0.3, 0.4) is 0 Å². The molecule has 1 aliphatic rings. The number of hydrogen-bond acceptors (Lipinski definition) is 3.